The first kappa shape index (κ1) is 18.1. The first-order chi connectivity index (χ1) is 12.5. The molecule has 0 unspecified atom stereocenters. The number of hydrogen-bond acceptors (Lipinski definition) is 3. The Balaban J connectivity index is 1.97. The minimum Gasteiger partial charge on any atom is -0.508 e. The first-order valence-corrected chi connectivity index (χ1v) is 9.70. The number of phenolic OH excluding ortho intramolecular Hbond substituents is 1. The third-order valence-electron chi connectivity index (χ3n) is 4.22. The fraction of sp³-hybridized carbons (Fsp3) is 0.100. The van der Waals surface area contributed by atoms with E-state index in [0.717, 1.165) is 11.1 Å². The lowest BCUT2D eigenvalue weighted by Gasteiger charge is -2.23. The zero-order valence-corrected chi connectivity index (χ0v) is 14.9. The van der Waals surface area contributed by atoms with E-state index >= 15 is 0 Å². The quantitative estimate of drug-likeness (QED) is 0.623. The maximum absolute atomic E-state index is 12.8. The summed E-state index contributed by atoms with van der Waals surface area (Å²) in [6.45, 7) is 0. The molecule has 0 aliphatic rings. The fourth-order valence-corrected chi connectivity index (χ4v) is 4.06. The Labute approximate surface area is 153 Å². The molecule has 2 atom stereocenters. The molecule has 5 N–H and O–H groups in total. The van der Waals surface area contributed by atoms with Gasteiger partial charge in [0.25, 0.3) is 0 Å². The molecule has 0 bridgehead atoms. The highest BCUT2D eigenvalue weighted by Gasteiger charge is 2.29. The van der Waals surface area contributed by atoms with Crippen LogP contribution in [0.2, 0.25) is 0 Å². The average molecular weight is 369 g/mol. The molecular formula is C20H21N2O3S+. The molecule has 3 rings (SSSR count). The van der Waals surface area contributed by atoms with E-state index in [1.807, 2.05) is 60.7 Å². The van der Waals surface area contributed by atoms with Crippen LogP contribution in [0.1, 0.15) is 23.2 Å². The molecule has 0 saturated carbocycles. The van der Waals surface area contributed by atoms with E-state index in [1.165, 1.54) is 24.3 Å². The van der Waals surface area contributed by atoms with Crippen molar-refractivity contribution in [3.63, 3.8) is 0 Å². The van der Waals surface area contributed by atoms with E-state index in [0.29, 0.717) is 0 Å². The number of rotatable bonds is 6. The molecule has 0 amide bonds. The number of aromatic hydroxyl groups is 1. The van der Waals surface area contributed by atoms with Gasteiger partial charge >= 0.3 is 0 Å². The topological polar surface area (TPSA) is 94.0 Å². The monoisotopic (exact) mass is 369 g/mol. The van der Waals surface area contributed by atoms with Crippen LogP contribution in [-0.4, -0.2) is 13.5 Å². The van der Waals surface area contributed by atoms with Crippen LogP contribution in [-0.2, 0) is 10.0 Å². The Morgan fingerprint density at radius 1 is 0.769 bits per heavy atom. The Morgan fingerprint density at radius 3 is 1.81 bits per heavy atom. The second kappa shape index (κ2) is 7.70. The minimum absolute atomic E-state index is 0.0166. The molecule has 0 fully saturated rings. The van der Waals surface area contributed by atoms with Crippen LogP contribution < -0.4 is 10.5 Å². The molecule has 0 radical (unpaired) electrons. The minimum atomic E-state index is -3.78. The van der Waals surface area contributed by atoms with Crippen LogP contribution in [0.4, 0.5) is 0 Å². The van der Waals surface area contributed by atoms with Gasteiger partial charge in [0.05, 0.1) is 4.90 Å². The third kappa shape index (κ3) is 4.11. The smallest absolute Gasteiger partial charge is 0.241 e. The molecule has 26 heavy (non-hydrogen) atoms. The summed E-state index contributed by atoms with van der Waals surface area (Å²) in [5.74, 6) is 0.0166. The van der Waals surface area contributed by atoms with Gasteiger partial charge in [-0.15, -0.1) is 0 Å². The van der Waals surface area contributed by atoms with E-state index in [9.17, 15) is 13.5 Å². The third-order valence-corrected chi connectivity index (χ3v) is 5.67. The van der Waals surface area contributed by atoms with Gasteiger partial charge in [-0.2, -0.15) is 4.72 Å². The first-order valence-electron chi connectivity index (χ1n) is 8.22. The van der Waals surface area contributed by atoms with Crippen molar-refractivity contribution < 1.29 is 19.3 Å². The number of hydrogen-bond donors (Lipinski definition) is 3. The Kier molecular flexibility index (Phi) is 5.37. The van der Waals surface area contributed by atoms with Gasteiger partial charge in [0.1, 0.15) is 17.8 Å². The van der Waals surface area contributed by atoms with Gasteiger partial charge in [0.2, 0.25) is 10.0 Å². The summed E-state index contributed by atoms with van der Waals surface area (Å²) in [4.78, 5) is 0.0940. The Hall–Kier alpha value is -2.67. The van der Waals surface area contributed by atoms with E-state index in [2.05, 4.69) is 10.5 Å². The highest BCUT2D eigenvalue weighted by atomic mass is 32.2. The van der Waals surface area contributed by atoms with E-state index in [-0.39, 0.29) is 16.7 Å². The van der Waals surface area contributed by atoms with Crippen molar-refractivity contribution >= 4 is 10.0 Å². The summed E-state index contributed by atoms with van der Waals surface area (Å²) in [6.07, 6.45) is 0. The fourth-order valence-electron chi connectivity index (χ4n) is 2.80. The van der Waals surface area contributed by atoms with Crippen molar-refractivity contribution in [1.82, 2.24) is 4.72 Å². The van der Waals surface area contributed by atoms with E-state index in [1.54, 1.807) is 0 Å². The van der Waals surface area contributed by atoms with Crippen LogP contribution in [0.15, 0.2) is 89.8 Å². The van der Waals surface area contributed by atoms with Crippen LogP contribution in [0.25, 0.3) is 0 Å². The highest BCUT2D eigenvalue weighted by Crippen LogP contribution is 2.27. The molecule has 0 aromatic heterocycles. The summed E-state index contributed by atoms with van der Waals surface area (Å²) in [6, 6.07) is 23.6. The number of phenols is 1. The molecular weight excluding hydrogens is 348 g/mol. The van der Waals surface area contributed by atoms with Crippen molar-refractivity contribution in [3.05, 3.63) is 96.1 Å². The standard InChI is InChI=1S/C20H20N2O3S/c21-19(15-7-3-1-4-8-15)20(16-9-5-2-6-10-16)22-26(24,25)18-13-11-17(23)12-14-18/h1-14,19-20,22-23H,21H2/p+1/t19-,20+/m0/s1. The molecule has 0 heterocycles. The van der Waals surface area contributed by atoms with Gasteiger partial charge in [-0.3, -0.25) is 0 Å². The number of sulfonamides is 1. The number of quaternary nitrogens is 1. The van der Waals surface area contributed by atoms with Gasteiger partial charge in [-0.05, 0) is 29.8 Å². The highest BCUT2D eigenvalue weighted by molar-refractivity contribution is 7.89. The lowest BCUT2D eigenvalue weighted by Crippen LogP contribution is -2.59. The largest absolute Gasteiger partial charge is 0.508 e. The molecule has 134 valence electrons. The van der Waals surface area contributed by atoms with Crippen molar-refractivity contribution in [2.45, 2.75) is 17.0 Å². The van der Waals surface area contributed by atoms with E-state index < -0.39 is 16.1 Å². The molecule has 0 aliphatic heterocycles. The van der Waals surface area contributed by atoms with Crippen molar-refractivity contribution in [3.8, 4) is 5.75 Å². The molecule has 0 aliphatic carbocycles. The predicted molar refractivity (Wildman–Crippen MR) is 99.7 cm³/mol. The van der Waals surface area contributed by atoms with Gasteiger partial charge in [-0.25, -0.2) is 8.42 Å². The second-order valence-corrected chi connectivity index (χ2v) is 7.73. The van der Waals surface area contributed by atoms with Gasteiger partial charge in [-0.1, -0.05) is 60.7 Å². The normalized spacial score (nSPS) is 13.9. The number of nitrogens with one attached hydrogen (secondary N) is 1. The number of benzene rings is 3. The lowest BCUT2D eigenvalue weighted by molar-refractivity contribution is -0.433. The molecule has 6 heteroatoms. The summed E-state index contributed by atoms with van der Waals surface area (Å²) in [5, 5.41) is 9.39. The zero-order chi connectivity index (χ0) is 18.6. The molecule has 3 aromatic rings. The van der Waals surface area contributed by atoms with Gasteiger partial charge in [0.15, 0.2) is 0 Å². The zero-order valence-electron chi connectivity index (χ0n) is 14.1. The van der Waals surface area contributed by atoms with Crippen molar-refractivity contribution in [2.75, 3.05) is 0 Å². The molecule has 3 aromatic carbocycles. The molecule has 0 saturated heterocycles. The maximum Gasteiger partial charge on any atom is 0.241 e. The van der Waals surface area contributed by atoms with Crippen LogP contribution in [0, 0.1) is 0 Å². The molecule has 0 spiro atoms. The van der Waals surface area contributed by atoms with E-state index in [4.69, 9.17) is 0 Å². The summed E-state index contributed by atoms with van der Waals surface area (Å²) in [7, 11) is -3.78. The van der Waals surface area contributed by atoms with Gasteiger partial charge in [0, 0.05) is 5.56 Å². The summed E-state index contributed by atoms with van der Waals surface area (Å²) in [5.41, 5.74) is 5.98. The van der Waals surface area contributed by atoms with Gasteiger partial charge < -0.3 is 10.8 Å². The summed E-state index contributed by atoms with van der Waals surface area (Å²) >= 11 is 0. The SMILES string of the molecule is [NH3+][C@@H](c1ccccc1)[C@H](NS(=O)(=O)c1ccc(O)cc1)c1ccccc1. The Morgan fingerprint density at radius 2 is 1.27 bits per heavy atom. The lowest BCUT2D eigenvalue weighted by atomic mass is 9.95. The van der Waals surface area contributed by atoms with Crippen molar-refractivity contribution in [2.24, 2.45) is 0 Å². The van der Waals surface area contributed by atoms with Crippen LogP contribution in [0.3, 0.4) is 0 Å². The summed E-state index contributed by atoms with van der Waals surface area (Å²) < 4.78 is 28.5. The van der Waals surface area contributed by atoms with Crippen LogP contribution >= 0.6 is 0 Å². The predicted octanol–water partition coefficient (Wildman–Crippen LogP) is 2.40. The maximum atomic E-state index is 12.8. The van der Waals surface area contributed by atoms with Crippen molar-refractivity contribution in [1.29, 1.82) is 0 Å². The Bertz CT molecular complexity index is 943. The van der Waals surface area contributed by atoms with Crippen LogP contribution in [0.5, 0.6) is 5.75 Å². The molecule has 5 nitrogen and oxygen atoms in total. The average Bonchev–Trinajstić information content (AvgIpc) is 2.67. The second-order valence-electron chi connectivity index (χ2n) is 6.02.